The molecular formula is C16H15F3O2. The van der Waals surface area contributed by atoms with Crippen LogP contribution in [0.25, 0.3) is 0 Å². The Balaban J connectivity index is 1.91. The summed E-state index contributed by atoms with van der Waals surface area (Å²) in [5.41, 5.74) is 1.17. The normalized spacial score (nSPS) is 14.9. The minimum Gasteiger partial charge on any atom is -0.289 e. The van der Waals surface area contributed by atoms with Crippen molar-refractivity contribution in [3.63, 3.8) is 0 Å². The molecule has 1 aliphatic carbocycles. The fourth-order valence-electron chi connectivity index (χ4n) is 2.37. The summed E-state index contributed by atoms with van der Waals surface area (Å²) in [6, 6.07) is 6.59. The highest BCUT2D eigenvalue weighted by molar-refractivity contribution is 6.24. The first-order chi connectivity index (χ1) is 9.88. The van der Waals surface area contributed by atoms with Crippen LogP contribution in [0, 0.1) is 0 Å². The van der Waals surface area contributed by atoms with E-state index in [0.29, 0.717) is 36.0 Å². The first-order valence-corrected chi connectivity index (χ1v) is 6.84. The van der Waals surface area contributed by atoms with Crippen LogP contribution in [-0.2, 0) is 0 Å². The van der Waals surface area contributed by atoms with Crippen molar-refractivity contribution in [1.82, 2.24) is 0 Å². The van der Waals surface area contributed by atoms with Crippen molar-refractivity contribution in [3.05, 3.63) is 47.0 Å². The molecule has 0 amide bonds. The lowest BCUT2D eigenvalue weighted by Crippen LogP contribution is -2.16. The van der Waals surface area contributed by atoms with Gasteiger partial charge in [-0.2, -0.15) is 13.2 Å². The van der Waals surface area contributed by atoms with E-state index in [2.05, 4.69) is 0 Å². The largest absolute Gasteiger partial charge is 0.389 e. The van der Waals surface area contributed by atoms with Gasteiger partial charge in [-0.15, -0.1) is 0 Å². The molecule has 0 spiro atoms. The fraction of sp³-hybridized carbons (Fsp3) is 0.375. The van der Waals surface area contributed by atoms with E-state index in [9.17, 15) is 22.8 Å². The van der Waals surface area contributed by atoms with Gasteiger partial charge in [0.2, 0.25) is 0 Å². The first-order valence-electron chi connectivity index (χ1n) is 6.84. The number of carbonyl (C=O) groups is 2. The van der Waals surface area contributed by atoms with Gasteiger partial charge in [0.15, 0.2) is 11.6 Å². The first kappa shape index (κ1) is 15.5. The molecule has 1 aliphatic rings. The van der Waals surface area contributed by atoms with E-state index in [4.69, 9.17) is 0 Å². The van der Waals surface area contributed by atoms with Gasteiger partial charge in [-0.25, -0.2) is 0 Å². The van der Waals surface area contributed by atoms with Gasteiger partial charge in [0.05, 0.1) is 0 Å². The number of rotatable bonds is 5. The van der Waals surface area contributed by atoms with Gasteiger partial charge in [0.1, 0.15) is 0 Å². The number of halogens is 3. The number of alkyl halides is 3. The molecule has 0 saturated heterocycles. The summed E-state index contributed by atoms with van der Waals surface area (Å²) in [4.78, 5) is 24.1. The van der Waals surface area contributed by atoms with E-state index in [1.54, 1.807) is 24.3 Å². The average molecular weight is 296 g/mol. The zero-order valence-electron chi connectivity index (χ0n) is 11.4. The molecule has 2 rings (SSSR count). The maximum Gasteiger partial charge on any atom is 0.389 e. The average Bonchev–Trinajstić information content (AvgIpc) is 2.42. The lowest BCUT2D eigenvalue weighted by Gasteiger charge is -2.14. The maximum absolute atomic E-state index is 12.2. The molecule has 0 unspecified atom stereocenters. The molecule has 2 nitrogen and oxygen atoms in total. The summed E-state index contributed by atoms with van der Waals surface area (Å²) in [6.45, 7) is 0. The fourth-order valence-corrected chi connectivity index (χ4v) is 2.37. The minimum absolute atomic E-state index is 0.0511. The topological polar surface area (TPSA) is 34.1 Å². The Morgan fingerprint density at radius 1 is 0.905 bits per heavy atom. The summed E-state index contributed by atoms with van der Waals surface area (Å²) in [7, 11) is 0. The molecule has 0 saturated carbocycles. The van der Waals surface area contributed by atoms with E-state index < -0.39 is 12.6 Å². The van der Waals surface area contributed by atoms with Crippen molar-refractivity contribution < 1.29 is 22.8 Å². The second-order valence-corrected chi connectivity index (χ2v) is 5.08. The number of unbranched alkanes of at least 4 members (excludes halogenated alkanes) is 2. The van der Waals surface area contributed by atoms with Crippen LogP contribution in [0.3, 0.4) is 0 Å². The Morgan fingerprint density at radius 2 is 1.57 bits per heavy atom. The number of ketones is 2. The molecule has 0 aromatic heterocycles. The number of allylic oxidation sites excluding steroid dienone is 2. The molecule has 5 heteroatoms. The molecule has 0 radical (unpaired) electrons. The maximum atomic E-state index is 12.2. The van der Waals surface area contributed by atoms with Gasteiger partial charge in [0, 0.05) is 23.1 Å². The number of hydrogen-bond donors (Lipinski definition) is 0. The molecule has 112 valence electrons. The lowest BCUT2D eigenvalue weighted by molar-refractivity contribution is -0.135. The van der Waals surface area contributed by atoms with Crippen LogP contribution in [0.5, 0.6) is 0 Å². The minimum atomic E-state index is -4.13. The van der Waals surface area contributed by atoms with Crippen LogP contribution >= 0.6 is 0 Å². The van der Waals surface area contributed by atoms with Crippen molar-refractivity contribution in [3.8, 4) is 0 Å². The van der Waals surface area contributed by atoms with Crippen molar-refractivity contribution in [2.45, 2.75) is 38.3 Å². The predicted molar refractivity (Wildman–Crippen MR) is 72.3 cm³/mol. The Morgan fingerprint density at radius 3 is 2.24 bits per heavy atom. The summed E-state index contributed by atoms with van der Waals surface area (Å²) < 4.78 is 36.0. The van der Waals surface area contributed by atoms with Crippen LogP contribution in [0.15, 0.2) is 35.9 Å². The summed E-state index contributed by atoms with van der Waals surface area (Å²) in [5, 5.41) is 0. The van der Waals surface area contributed by atoms with Crippen LogP contribution < -0.4 is 0 Å². The van der Waals surface area contributed by atoms with Crippen molar-refractivity contribution >= 4 is 11.6 Å². The van der Waals surface area contributed by atoms with Crippen molar-refractivity contribution in [1.29, 1.82) is 0 Å². The van der Waals surface area contributed by atoms with Gasteiger partial charge in [-0.3, -0.25) is 9.59 Å². The Kier molecular flexibility index (Phi) is 4.60. The third-order valence-electron chi connectivity index (χ3n) is 3.44. The van der Waals surface area contributed by atoms with E-state index in [1.807, 2.05) is 0 Å². The van der Waals surface area contributed by atoms with Gasteiger partial charge in [0.25, 0.3) is 0 Å². The van der Waals surface area contributed by atoms with E-state index in [-0.39, 0.29) is 18.0 Å². The lowest BCUT2D eigenvalue weighted by atomic mass is 9.87. The van der Waals surface area contributed by atoms with Crippen LogP contribution in [0.4, 0.5) is 13.2 Å². The Hall–Kier alpha value is -1.91. The van der Waals surface area contributed by atoms with Gasteiger partial charge in [-0.05, 0) is 25.3 Å². The third-order valence-corrected chi connectivity index (χ3v) is 3.44. The second-order valence-electron chi connectivity index (χ2n) is 5.08. The molecule has 1 aromatic carbocycles. The number of benzene rings is 1. The van der Waals surface area contributed by atoms with E-state index in [0.717, 1.165) is 0 Å². The zero-order chi connectivity index (χ0) is 15.5. The van der Waals surface area contributed by atoms with Crippen molar-refractivity contribution in [2.24, 2.45) is 0 Å². The smallest absolute Gasteiger partial charge is 0.289 e. The van der Waals surface area contributed by atoms with Crippen molar-refractivity contribution in [2.75, 3.05) is 0 Å². The SMILES string of the molecule is O=C1C=C(CCCCCC(F)(F)F)C(=O)c2ccccc21. The Labute approximate surface area is 120 Å². The molecule has 1 aromatic rings. The molecule has 0 fully saturated rings. The van der Waals surface area contributed by atoms with Gasteiger partial charge < -0.3 is 0 Å². The van der Waals surface area contributed by atoms with Gasteiger partial charge in [-0.1, -0.05) is 30.7 Å². The van der Waals surface area contributed by atoms with Crippen LogP contribution in [-0.4, -0.2) is 17.7 Å². The summed E-state index contributed by atoms with van der Waals surface area (Å²) in [6.07, 6.45) is -2.36. The molecule has 0 N–H and O–H groups in total. The molecule has 0 atom stereocenters. The molecular weight excluding hydrogens is 281 g/mol. The number of fused-ring (bicyclic) bond motifs is 1. The van der Waals surface area contributed by atoms with E-state index in [1.165, 1.54) is 6.08 Å². The highest BCUT2D eigenvalue weighted by atomic mass is 19.4. The summed E-state index contributed by atoms with van der Waals surface area (Å²) in [5.74, 6) is -0.406. The quantitative estimate of drug-likeness (QED) is 0.749. The highest BCUT2D eigenvalue weighted by Gasteiger charge is 2.26. The highest BCUT2D eigenvalue weighted by Crippen LogP contribution is 2.26. The standard InChI is InChI=1S/C16H15F3O2/c17-16(18,19)9-5-1-2-6-11-10-14(20)12-7-3-4-8-13(12)15(11)21/h3-4,7-8,10H,1-2,5-6,9H2. The zero-order valence-corrected chi connectivity index (χ0v) is 11.4. The molecule has 0 heterocycles. The molecule has 0 bridgehead atoms. The molecule has 21 heavy (non-hydrogen) atoms. The Bertz CT molecular complexity index is 585. The number of carbonyl (C=O) groups excluding carboxylic acids is 2. The predicted octanol–water partition coefficient (Wildman–Crippen LogP) is 4.50. The van der Waals surface area contributed by atoms with E-state index >= 15 is 0 Å². The number of hydrogen-bond acceptors (Lipinski definition) is 2. The molecule has 0 aliphatic heterocycles. The number of Topliss-reactive ketones (excluding diaryl/α,β-unsaturated/α-hetero) is 1. The van der Waals surface area contributed by atoms with Gasteiger partial charge >= 0.3 is 6.18 Å². The van der Waals surface area contributed by atoms with Crippen LogP contribution in [0.2, 0.25) is 0 Å². The monoisotopic (exact) mass is 296 g/mol. The van der Waals surface area contributed by atoms with Crippen LogP contribution in [0.1, 0.15) is 52.8 Å². The second kappa shape index (κ2) is 6.24. The summed E-state index contributed by atoms with van der Waals surface area (Å²) >= 11 is 0. The third kappa shape index (κ3) is 4.03.